The Hall–Kier alpha value is -2.17. The molecule has 0 aromatic carbocycles. The van der Waals surface area contributed by atoms with E-state index in [0.29, 0.717) is 39.6 Å². The second kappa shape index (κ2) is 22.8. The van der Waals surface area contributed by atoms with Gasteiger partial charge in [-0.2, -0.15) is 0 Å². The molecule has 0 aliphatic carbocycles. The maximum atomic E-state index is 11.9. The summed E-state index contributed by atoms with van der Waals surface area (Å²) < 4.78 is 46.6. The molecule has 0 aromatic heterocycles. The Morgan fingerprint density at radius 3 is 1.82 bits per heavy atom. The van der Waals surface area contributed by atoms with E-state index < -0.39 is 38.4 Å². The van der Waals surface area contributed by atoms with Crippen LogP contribution in [0, 0.1) is 0 Å². The van der Waals surface area contributed by atoms with E-state index in [1.807, 2.05) is 0 Å². The number of ether oxygens (including phenoxy) is 5. The Morgan fingerprint density at radius 1 is 0.763 bits per heavy atom. The number of carbonyl (C=O) groups excluding carboxylic acids is 4. The van der Waals surface area contributed by atoms with E-state index in [2.05, 4.69) is 10.6 Å². The third-order valence-electron chi connectivity index (χ3n) is 4.06. The Bertz CT molecular complexity index is 741. The molecule has 0 saturated heterocycles. The summed E-state index contributed by atoms with van der Waals surface area (Å²) in [6, 6.07) is 0. The largest absolute Gasteiger partial charge is 0.472 e. The number of phosphoric acid groups is 1. The van der Waals surface area contributed by atoms with E-state index in [9.17, 15) is 28.6 Å². The minimum atomic E-state index is -4.54. The molecular formula is C21H40N3O13P. The van der Waals surface area contributed by atoms with Crippen LogP contribution in [0.15, 0.2) is 0 Å². The number of esters is 2. The van der Waals surface area contributed by atoms with Crippen molar-refractivity contribution in [3.8, 4) is 0 Å². The predicted octanol–water partition coefficient (Wildman–Crippen LogP) is -1.36. The van der Waals surface area contributed by atoms with E-state index in [0.717, 1.165) is 13.8 Å². The first-order chi connectivity index (χ1) is 18.1. The molecule has 0 aliphatic rings. The highest BCUT2D eigenvalue weighted by Crippen LogP contribution is 2.43. The fourth-order valence-corrected chi connectivity index (χ4v) is 3.17. The van der Waals surface area contributed by atoms with Gasteiger partial charge in [0.15, 0.2) is 6.10 Å². The number of carbonyl (C=O) groups is 4. The summed E-state index contributed by atoms with van der Waals surface area (Å²) >= 11 is 0. The molecule has 2 atom stereocenters. The summed E-state index contributed by atoms with van der Waals surface area (Å²) in [7, 11) is -4.54. The second-order valence-corrected chi connectivity index (χ2v) is 8.91. The SMILES string of the molecule is CC(=O)OCC(COP(=O)(O)OCCNC(=O)CCC(=O)NCCOCCOCCOCCN)OC(C)=O. The summed E-state index contributed by atoms with van der Waals surface area (Å²) in [6.45, 7) is 4.02. The smallest absolute Gasteiger partial charge is 0.462 e. The van der Waals surface area contributed by atoms with Crippen LogP contribution in [0.25, 0.3) is 0 Å². The van der Waals surface area contributed by atoms with Crippen LogP contribution in [-0.2, 0) is 56.5 Å². The summed E-state index contributed by atoms with van der Waals surface area (Å²) in [5.74, 6) is -2.13. The molecule has 0 bridgehead atoms. The first-order valence-electron chi connectivity index (χ1n) is 11.9. The van der Waals surface area contributed by atoms with Gasteiger partial charge in [0.25, 0.3) is 0 Å². The molecule has 0 fully saturated rings. The Kier molecular flexibility index (Phi) is 21.5. The van der Waals surface area contributed by atoms with Crippen LogP contribution in [0.4, 0.5) is 0 Å². The first-order valence-corrected chi connectivity index (χ1v) is 13.4. The van der Waals surface area contributed by atoms with Crippen LogP contribution in [-0.4, -0.2) is 114 Å². The van der Waals surface area contributed by atoms with Gasteiger partial charge in [-0.05, 0) is 0 Å². The van der Waals surface area contributed by atoms with Crippen LogP contribution in [0.5, 0.6) is 0 Å². The Morgan fingerprint density at radius 2 is 1.29 bits per heavy atom. The van der Waals surface area contributed by atoms with E-state index in [4.69, 9.17) is 38.5 Å². The maximum Gasteiger partial charge on any atom is 0.472 e. The molecule has 17 heteroatoms. The van der Waals surface area contributed by atoms with Gasteiger partial charge >= 0.3 is 19.8 Å². The van der Waals surface area contributed by atoms with Crippen molar-refractivity contribution in [2.24, 2.45) is 5.73 Å². The molecule has 0 aromatic rings. The van der Waals surface area contributed by atoms with E-state index >= 15 is 0 Å². The van der Waals surface area contributed by atoms with Crippen molar-refractivity contribution in [1.82, 2.24) is 10.6 Å². The molecule has 0 radical (unpaired) electrons. The molecule has 5 N–H and O–H groups in total. The maximum absolute atomic E-state index is 11.9. The van der Waals surface area contributed by atoms with Crippen LogP contribution >= 0.6 is 7.82 Å². The van der Waals surface area contributed by atoms with E-state index in [1.165, 1.54) is 0 Å². The summed E-state index contributed by atoms with van der Waals surface area (Å²) in [4.78, 5) is 55.2. The summed E-state index contributed by atoms with van der Waals surface area (Å²) in [5, 5.41) is 5.05. The number of nitrogens with two attached hydrogens (primary N) is 1. The number of phosphoric ester groups is 1. The van der Waals surface area contributed by atoms with Crippen molar-refractivity contribution in [3.05, 3.63) is 0 Å². The van der Waals surface area contributed by atoms with Crippen molar-refractivity contribution < 1.29 is 61.4 Å². The van der Waals surface area contributed by atoms with Gasteiger partial charge in [-0.25, -0.2) is 4.57 Å². The fourth-order valence-electron chi connectivity index (χ4n) is 2.42. The van der Waals surface area contributed by atoms with Crippen molar-refractivity contribution in [1.29, 1.82) is 0 Å². The lowest BCUT2D eigenvalue weighted by atomic mass is 10.3. The standard InChI is InChI=1S/C21H40N3O13P/c1-17(25)34-15-19(37-18(2)26)16-36-38(29,30)35-10-7-24-21(28)4-3-20(27)23-6-9-32-12-14-33-13-11-31-8-5-22/h19H,3-16,22H2,1-2H3,(H,23,27)(H,24,28)(H,29,30). The van der Waals surface area contributed by atoms with Gasteiger partial charge in [0.05, 0.1) is 52.9 Å². The first kappa shape index (κ1) is 35.8. The normalized spacial score (nSPS) is 13.3. The summed E-state index contributed by atoms with van der Waals surface area (Å²) in [6.07, 6.45) is -1.26. The Balaban J connectivity index is 3.85. The zero-order valence-electron chi connectivity index (χ0n) is 21.8. The van der Waals surface area contributed by atoms with Gasteiger partial charge in [0.1, 0.15) is 6.61 Å². The molecule has 0 rings (SSSR count). The lowest BCUT2D eigenvalue weighted by Gasteiger charge is -2.18. The lowest BCUT2D eigenvalue weighted by Crippen LogP contribution is -2.31. The number of hydrogen-bond donors (Lipinski definition) is 4. The third kappa shape index (κ3) is 24.2. The molecule has 2 unspecified atom stereocenters. The number of amides is 2. The van der Waals surface area contributed by atoms with Gasteiger partial charge < -0.3 is 44.9 Å². The molecule has 0 heterocycles. The topological polar surface area (TPSA) is 220 Å². The third-order valence-corrected chi connectivity index (χ3v) is 5.05. The number of nitrogens with one attached hydrogen (secondary N) is 2. The molecular weight excluding hydrogens is 533 g/mol. The van der Waals surface area contributed by atoms with Gasteiger partial charge in [-0.1, -0.05) is 0 Å². The van der Waals surface area contributed by atoms with E-state index in [-0.39, 0.29) is 51.7 Å². The van der Waals surface area contributed by atoms with Crippen LogP contribution < -0.4 is 16.4 Å². The zero-order chi connectivity index (χ0) is 28.7. The van der Waals surface area contributed by atoms with Gasteiger partial charge in [-0.3, -0.25) is 28.2 Å². The van der Waals surface area contributed by atoms with Crippen molar-refractivity contribution >= 4 is 31.6 Å². The Labute approximate surface area is 221 Å². The van der Waals surface area contributed by atoms with E-state index in [1.54, 1.807) is 0 Å². The molecule has 0 spiro atoms. The van der Waals surface area contributed by atoms with Gasteiger partial charge in [0, 0.05) is 46.3 Å². The minimum Gasteiger partial charge on any atom is -0.462 e. The van der Waals surface area contributed by atoms with Gasteiger partial charge in [0.2, 0.25) is 11.8 Å². The average molecular weight is 574 g/mol. The van der Waals surface area contributed by atoms with Gasteiger partial charge in [-0.15, -0.1) is 0 Å². The number of hydrogen-bond acceptors (Lipinski definition) is 13. The monoisotopic (exact) mass is 573 g/mol. The minimum absolute atomic E-state index is 0.0555. The van der Waals surface area contributed by atoms with Crippen LogP contribution in [0.3, 0.4) is 0 Å². The fraction of sp³-hybridized carbons (Fsp3) is 0.810. The molecule has 0 aliphatic heterocycles. The predicted molar refractivity (Wildman–Crippen MR) is 131 cm³/mol. The molecule has 222 valence electrons. The second-order valence-electron chi connectivity index (χ2n) is 7.46. The van der Waals surface area contributed by atoms with Crippen LogP contribution in [0.2, 0.25) is 0 Å². The molecule has 0 saturated carbocycles. The molecule has 38 heavy (non-hydrogen) atoms. The van der Waals surface area contributed by atoms with Crippen molar-refractivity contribution in [2.45, 2.75) is 32.8 Å². The quantitative estimate of drug-likeness (QED) is 0.0595. The van der Waals surface area contributed by atoms with Crippen molar-refractivity contribution in [2.75, 3.05) is 79.1 Å². The number of rotatable bonds is 24. The molecule has 16 nitrogen and oxygen atoms in total. The summed E-state index contributed by atoms with van der Waals surface area (Å²) in [5.41, 5.74) is 5.29. The van der Waals surface area contributed by atoms with Crippen molar-refractivity contribution in [3.63, 3.8) is 0 Å². The lowest BCUT2D eigenvalue weighted by molar-refractivity contribution is -0.158. The van der Waals surface area contributed by atoms with Crippen LogP contribution in [0.1, 0.15) is 26.7 Å². The molecule has 2 amide bonds. The highest BCUT2D eigenvalue weighted by atomic mass is 31.2. The zero-order valence-corrected chi connectivity index (χ0v) is 22.7. The highest BCUT2D eigenvalue weighted by Gasteiger charge is 2.25. The highest BCUT2D eigenvalue weighted by molar-refractivity contribution is 7.47. The average Bonchev–Trinajstić information content (AvgIpc) is 2.85.